The van der Waals surface area contributed by atoms with Crippen LogP contribution in [0, 0.1) is 0 Å². The Morgan fingerprint density at radius 2 is 2.05 bits per heavy atom. The third kappa shape index (κ3) is 3.70. The van der Waals surface area contributed by atoms with Crippen molar-refractivity contribution in [3.05, 3.63) is 35.9 Å². The smallest absolute Gasteiger partial charge is 0.221 e. The Morgan fingerprint density at radius 3 is 2.76 bits per heavy atom. The SMILES string of the molecule is CNCc1cc2ccccc2nc1N(C)CCC(=O)NC. The van der Waals surface area contributed by atoms with Crippen LogP contribution in [-0.4, -0.2) is 38.6 Å². The zero-order chi connectivity index (χ0) is 15.2. The number of hydrogen-bond acceptors (Lipinski definition) is 4. The van der Waals surface area contributed by atoms with E-state index < -0.39 is 0 Å². The van der Waals surface area contributed by atoms with Gasteiger partial charge >= 0.3 is 0 Å². The Kier molecular flexibility index (Phi) is 5.11. The number of nitrogens with one attached hydrogen (secondary N) is 2. The Bertz CT molecular complexity index is 627. The molecular formula is C16H22N4O. The van der Waals surface area contributed by atoms with Gasteiger partial charge in [-0.05, 0) is 19.2 Å². The lowest BCUT2D eigenvalue weighted by Gasteiger charge is -2.21. The number of amides is 1. The topological polar surface area (TPSA) is 57.3 Å². The first kappa shape index (κ1) is 15.3. The van der Waals surface area contributed by atoms with Gasteiger partial charge < -0.3 is 15.5 Å². The minimum atomic E-state index is 0.0396. The molecule has 0 aliphatic rings. The molecule has 0 aliphatic carbocycles. The molecule has 5 heteroatoms. The van der Waals surface area contributed by atoms with Crippen molar-refractivity contribution in [3.63, 3.8) is 0 Å². The molecule has 1 amide bonds. The van der Waals surface area contributed by atoms with Crippen molar-refractivity contribution >= 4 is 22.6 Å². The minimum Gasteiger partial charge on any atom is -0.359 e. The van der Waals surface area contributed by atoms with Crippen LogP contribution in [0.3, 0.4) is 0 Å². The number of hydrogen-bond donors (Lipinski definition) is 2. The summed E-state index contributed by atoms with van der Waals surface area (Å²) in [6.45, 7) is 1.39. The molecule has 0 bridgehead atoms. The standard InChI is InChI=1S/C16H22N4O/c1-17-11-13-10-12-6-4-5-7-14(12)19-16(13)20(3)9-8-15(21)18-2/h4-7,10,17H,8-9,11H2,1-3H3,(H,18,21). The molecule has 2 N–H and O–H groups in total. The fraction of sp³-hybridized carbons (Fsp3) is 0.375. The van der Waals surface area contributed by atoms with Crippen LogP contribution in [0.4, 0.5) is 5.82 Å². The zero-order valence-corrected chi connectivity index (χ0v) is 12.8. The molecule has 112 valence electrons. The van der Waals surface area contributed by atoms with Gasteiger partial charge in [-0.3, -0.25) is 4.79 Å². The lowest BCUT2D eigenvalue weighted by atomic mass is 10.1. The number of pyridine rings is 1. The van der Waals surface area contributed by atoms with E-state index in [2.05, 4.69) is 22.8 Å². The van der Waals surface area contributed by atoms with E-state index in [1.54, 1.807) is 7.05 Å². The fourth-order valence-corrected chi connectivity index (χ4v) is 2.30. The molecule has 0 saturated heterocycles. The summed E-state index contributed by atoms with van der Waals surface area (Å²) in [6, 6.07) is 10.2. The second kappa shape index (κ2) is 7.04. The molecule has 0 spiro atoms. The first-order valence-corrected chi connectivity index (χ1v) is 7.10. The largest absolute Gasteiger partial charge is 0.359 e. The molecule has 0 radical (unpaired) electrons. The van der Waals surface area contributed by atoms with Gasteiger partial charge in [-0.15, -0.1) is 0 Å². The number of rotatable bonds is 6. The summed E-state index contributed by atoms with van der Waals surface area (Å²) < 4.78 is 0. The van der Waals surface area contributed by atoms with Crippen LogP contribution in [0.2, 0.25) is 0 Å². The van der Waals surface area contributed by atoms with Crippen molar-refractivity contribution in [1.82, 2.24) is 15.6 Å². The second-order valence-electron chi connectivity index (χ2n) is 5.04. The van der Waals surface area contributed by atoms with Crippen LogP contribution >= 0.6 is 0 Å². The first-order valence-electron chi connectivity index (χ1n) is 7.10. The van der Waals surface area contributed by atoms with E-state index in [1.165, 1.54) is 0 Å². The van der Waals surface area contributed by atoms with E-state index in [1.807, 2.05) is 37.2 Å². The first-order chi connectivity index (χ1) is 10.2. The highest BCUT2D eigenvalue weighted by Crippen LogP contribution is 2.23. The van der Waals surface area contributed by atoms with Crippen molar-refractivity contribution in [2.45, 2.75) is 13.0 Å². The number of carbonyl (C=O) groups is 1. The van der Waals surface area contributed by atoms with E-state index in [0.717, 1.165) is 28.8 Å². The van der Waals surface area contributed by atoms with Crippen LogP contribution < -0.4 is 15.5 Å². The van der Waals surface area contributed by atoms with Gasteiger partial charge in [-0.25, -0.2) is 4.98 Å². The van der Waals surface area contributed by atoms with Crippen molar-refractivity contribution < 1.29 is 4.79 Å². The van der Waals surface area contributed by atoms with Crippen molar-refractivity contribution in [2.24, 2.45) is 0 Å². The highest BCUT2D eigenvalue weighted by atomic mass is 16.1. The molecule has 21 heavy (non-hydrogen) atoms. The van der Waals surface area contributed by atoms with E-state index in [0.29, 0.717) is 13.0 Å². The summed E-state index contributed by atoms with van der Waals surface area (Å²) in [4.78, 5) is 18.2. The van der Waals surface area contributed by atoms with E-state index in [-0.39, 0.29) is 5.91 Å². The average molecular weight is 286 g/mol. The third-order valence-corrected chi connectivity index (χ3v) is 3.46. The Hall–Kier alpha value is -2.14. The number of fused-ring (bicyclic) bond motifs is 1. The van der Waals surface area contributed by atoms with Crippen LogP contribution in [-0.2, 0) is 11.3 Å². The van der Waals surface area contributed by atoms with Crippen molar-refractivity contribution in [3.8, 4) is 0 Å². The molecule has 1 aromatic heterocycles. The molecule has 0 unspecified atom stereocenters. The van der Waals surface area contributed by atoms with Crippen LogP contribution in [0.1, 0.15) is 12.0 Å². The van der Waals surface area contributed by atoms with E-state index >= 15 is 0 Å². The number of nitrogens with zero attached hydrogens (tertiary/aromatic N) is 2. The van der Waals surface area contributed by atoms with Crippen LogP contribution in [0.15, 0.2) is 30.3 Å². The summed E-state index contributed by atoms with van der Waals surface area (Å²) >= 11 is 0. The molecule has 1 aromatic carbocycles. The average Bonchev–Trinajstić information content (AvgIpc) is 2.51. The normalized spacial score (nSPS) is 10.6. The second-order valence-corrected chi connectivity index (χ2v) is 5.04. The molecule has 0 saturated carbocycles. The maximum atomic E-state index is 11.4. The molecular weight excluding hydrogens is 264 g/mol. The minimum absolute atomic E-state index is 0.0396. The van der Waals surface area contributed by atoms with Crippen LogP contribution in [0.25, 0.3) is 10.9 Å². The Labute approximate surface area is 125 Å². The molecule has 2 rings (SSSR count). The van der Waals surface area contributed by atoms with Gasteiger partial charge in [0.1, 0.15) is 5.82 Å². The highest BCUT2D eigenvalue weighted by molar-refractivity contribution is 5.82. The van der Waals surface area contributed by atoms with E-state index in [9.17, 15) is 4.79 Å². The predicted octanol–water partition coefficient (Wildman–Crippen LogP) is 1.53. The molecule has 2 aromatic rings. The summed E-state index contributed by atoms with van der Waals surface area (Å²) in [5, 5.41) is 6.95. The molecule has 0 atom stereocenters. The quantitative estimate of drug-likeness (QED) is 0.845. The number of anilines is 1. The molecule has 1 heterocycles. The van der Waals surface area contributed by atoms with Crippen molar-refractivity contribution in [2.75, 3.05) is 32.6 Å². The third-order valence-electron chi connectivity index (χ3n) is 3.46. The summed E-state index contributed by atoms with van der Waals surface area (Å²) in [5.74, 6) is 0.963. The Morgan fingerprint density at radius 1 is 1.29 bits per heavy atom. The summed E-state index contributed by atoms with van der Waals surface area (Å²) in [7, 11) is 5.55. The number of benzene rings is 1. The number of para-hydroxylation sites is 1. The lowest BCUT2D eigenvalue weighted by molar-refractivity contribution is -0.120. The lowest BCUT2D eigenvalue weighted by Crippen LogP contribution is -2.28. The van der Waals surface area contributed by atoms with Gasteiger partial charge in [0.25, 0.3) is 0 Å². The fourth-order valence-electron chi connectivity index (χ4n) is 2.30. The Balaban J connectivity index is 2.30. The van der Waals surface area contributed by atoms with Gasteiger partial charge in [0.15, 0.2) is 0 Å². The van der Waals surface area contributed by atoms with Gasteiger partial charge in [-0.2, -0.15) is 0 Å². The maximum Gasteiger partial charge on any atom is 0.221 e. The zero-order valence-electron chi connectivity index (χ0n) is 12.8. The summed E-state index contributed by atoms with van der Waals surface area (Å²) in [6.07, 6.45) is 0.459. The van der Waals surface area contributed by atoms with Crippen LogP contribution in [0.5, 0.6) is 0 Å². The number of aromatic nitrogens is 1. The monoisotopic (exact) mass is 286 g/mol. The predicted molar refractivity (Wildman–Crippen MR) is 86.5 cm³/mol. The van der Waals surface area contributed by atoms with E-state index in [4.69, 9.17) is 4.98 Å². The number of carbonyl (C=O) groups excluding carboxylic acids is 1. The molecule has 5 nitrogen and oxygen atoms in total. The molecule has 0 aliphatic heterocycles. The highest BCUT2D eigenvalue weighted by Gasteiger charge is 2.12. The van der Waals surface area contributed by atoms with Gasteiger partial charge in [0.05, 0.1) is 5.52 Å². The van der Waals surface area contributed by atoms with Gasteiger partial charge in [0.2, 0.25) is 5.91 Å². The molecule has 0 fully saturated rings. The van der Waals surface area contributed by atoms with Crippen molar-refractivity contribution in [1.29, 1.82) is 0 Å². The summed E-state index contributed by atoms with van der Waals surface area (Å²) in [5.41, 5.74) is 2.11. The van der Waals surface area contributed by atoms with Gasteiger partial charge in [-0.1, -0.05) is 18.2 Å². The van der Waals surface area contributed by atoms with Gasteiger partial charge in [0, 0.05) is 44.6 Å². The maximum absolute atomic E-state index is 11.4.